The predicted molar refractivity (Wildman–Crippen MR) is 94.5 cm³/mol. The first-order valence-corrected chi connectivity index (χ1v) is 8.39. The van der Waals surface area contributed by atoms with Gasteiger partial charge in [0.25, 0.3) is 0 Å². The van der Waals surface area contributed by atoms with Crippen LogP contribution in [0.4, 0.5) is 0 Å². The minimum atomic E-state index is 0.0693. The first-order chi connectivity index (χ1) is 11.1. The third-order valence-corrected chi connectivity index (χ3v) is 5.05. The molecule has 23 heavy (non-hydrogen) atoms. The molecule has 2 aromatic rings. The van der Waals surface area contributed by atoms with E-state index in [4.69, 9.17) is 22.3 Å². The number of nitrogens with zero attached hydrogens (tertiary/aromatic N) is 4. The Labute approximate surface area is 142 Å². The third-order valence-electron chi connectivity index (χ3n) is 4.60. The molecule has 1 aliphatic rings. The number of aromatic nitrogens is 2. The maximum Gasteiger partial charge on any atom is 0.141 e. The minimum absolute atomic E-state index is 0.0693. The van der Waals surface area contributed by atoms with Crippen LogP contribution in [0.3, 0.4) is 0 Å². The molecule has 2 heterocycles. The summed E-state index contributed by atoms with van der Waals surface area (Å²) in [5.74, 6) is 0.887. The second-order valence-electron chi connectivity index (χ2n) is 6.13. The van der Waals surface area contributed by atoms with Crippen LogP contribution in [0.15, 0.2) is 30.3 Å². The molecule has 2 N–H and O–H groups in total. The number of nitrogens with two attached hydrogens (primary N) is 1. The lowest BCUT2D eigenvalue weighted by molar-refractivity contribution is 0.113. The average Bonchev–Trinajstić information content (AvgIpc) is 2.87. The topological polar surface area (TPSA) is 50.3 Å². The number of piperazine rings is 1. The van der Waals surface area contributed by atoms with E-state index in [1.807, 2.05) is 29.8 Å². The van der Waals surface area contributed by atoms with Gasteiger partial charge in [0.05, 0.1) is 11.7 Å². The standard InChI is InChI=1S/C17H24ClN5/c1-21-8-10-23(11-9-21)14(12-19)15-16(18)22(2)17(20-15)13-6-4-3-5-7-13/h3-7,14H,8-12,19H2,1-2H3. The molecule has 0 bridgehead atoms. The number of halogens is 1. The normalized spacial score (nSPS) is 18.3. The van der Waals surface area contributed by atoms with Crippen molar-refractivity contribution in [2.24, 2.45) is 12.8 Å². The lowest BCUT2D eigenvalue weighted by atomic mass is 10.1. The van der Waals surface area contributed by atoms with Crippen molar-refractivity contribution >= 4 is 11.6 Å². The smallest absolute Gasteiger partial charge is 0.141 e. The predicted octanol–water partition coefficient (Wildman–Crippen LogP) is 1.99. The maximum atomic E-state index is 6.59. The summed E-state index contributed by atoms with van der Waals surface area (Å²) in [6.45, 7) is 4.60. The fourth-order valence-corrected chi connectivity index (χ4v) is 3.37. The summed E-state index contributed by atoms with van der Waals surface area (Å²) in [5.41, 5.74) is 8.03. The van der Waals surface area contributed by atoms with Gasteiger partial charge in [0.15, 0.2) is 0 Å². The Kier molecular flexibility index (Phi) is 5.02. The highest BCUT2D eigenvalue weighted by Gasteiger charge is 2.28. The van der Waals surface area contributed by atoms with Crippen molar-refractivity contribution in [3.05, 3.63) is 41.2 Å². The number of likely N-dealkylation sites (N-methyl/N-ethyl adjacent to an activating group) is 1. The van der Waals surface area contributed by atoms with Crippen LogP contribution in [0.1, 0.15) is 11.7 Å². The van der Waals surface area contributed by atoms with Gasteiger partial charge in [-0.3, -0.25) is 4.90 Å². The molecule has 0 aliphatic carbocycles. The Morgan fingerprint density at radius 3 is 2.39 bits per heavy atom. The van der Waals surface area contributed by atoms with Crippen molar-refractivity contribution in [3.8, 4) is 11.4 Å². The minimum Gasteiger partial charge on any atom is -0.329 e. The van der Waals surface area contributed by atoms with Crippen molar-refractivity contribution in [2.75, 3.05) is 39.8 Å². The summed E-state index contributed by atoms with van der Waals surface area (Å²) in [6, 6.07) is 10.2. The van der Waals surface area contributed by atoms with Gasteiger partial charge in [0.1, 0.15) is 11.0 Å². The van der Waals surface area contributed by atoms with Crippen molar-refractivity contribution in [3.63, 3.8) is 0 Å². The zero-order valence-corrected chi connectivity index (χ0v) is 14.5. The molecule has 1 aromatic heterocycles. The molecule has 124 valence electrons. The van der Waals surface area contributed by atoms with Crippen LogP contribution in [0.5, 0.6) is 0 Å². The van der Waals surface area contributed by atoms with E-state index in [1.165, 1.54) is 0 Å². The average molecular weight is 334 g/mol. The number of rotatable bonds is 4. The van der Waals surface area contributed by atoms with Crippen LogP contribution in [-0.2, 0) is 7.05 Å². The van der Waals surface area contributed by atoms with E-state index in [2.05, 4.69) is 29.0 Å². The zero-order valence-electron chi connectivity index (χ0n) is 13.7. The summed E-state index contributed by atoms with van der Waals surface area (Å²) < 4.78 is 1.95. The molecule has 1 aromatic carbocycles. The van der Waals surface area contributed by atoms with E-state index in [1.54, 1.807) is 0 Å². The van der Waals surface area contributed by atoms with Gasteiger partial charge in [-0.1, -0.05) is 41.9 Å². The van der Waals surface area contributed by atoms with E-state index >= 15 is 0 Å². The molecular formula is C17H24ClN5. The molecular weight excluding hydrogens is 310 g/mol. The highest BCUT2D eigenvalue weighted by atomic mass is 35.5. The highest BCUT2D eigenvalue weighted by molar-refractivity contribution is 6.30. The van der Waals surface area contributed by atoms with E-state index in [-0.39, 0.29) is 6.04 Å². The summed E-state index contributed by atoms with van der Waals surface area (Å²) in [7, 11) is 4.11. The van der Waals surface area contributed by atoms with Gasteiger partial charge in [-0.2, -0.15) is 0 Å². The fraction of sp³-hybridized carbons (Fsp3) is 0.471. The maximum absolute atomic E-state index is 6.59. The first-order valence-electron chi connectivity index (χ1n) is 8.02. The summed E-state index contributed by atoms with van der Waals surface area (Å²) in [6.07, 6.45) is 0. The van der Waals surface area contributed by atoms with E-state index in [9.17, 15) is 0 Å². The SMILES string of the molecule is CN1CCN(C(CN)c2nc(-c3ccccc3)n(C)c2Cl)CC1. The molecule has 1 saturated heterocycles. The Bertz CT molecular complexity index is 647. The Balaban J connectivity index is 1.92. The largest absolute Gasteiger partial charge is 0.329 e. The van der Waals surface area contributed by atoms with Crippen LogP contribution in [0.25, 0.3) is 11.4 Å². The highest BCUT2D eigenvalue weighted by Crippen LogP contribution is 2.31. The lowest BCUT2D eigenvalue weighted by Crippen LogP contribution is -2.47. The zero-order chi connectivity index (χ0) is 16.4. The number of benzene rings is 1. The van der Waals surface area contributed by atoms with Crippen LogP contribution >= 0.6 is 11.6 Å². The number of hydrogen-bond donors (Lipinski definition) is 1. The molecule has 1 unspecified atom stereocenters. The molecule has 0 saturated carbocycles. The van der Waals surface area contributed by atoms with E-state index in [0.29, 0.717) is 11.7 Å². The molecule has 0 radical (unpaired) electrons. The lowest BCUT2D eigenvalue weighted by Gasteiger charge is -2.36. The van der Waals surface area contributed by atoms with Gasteiger partial charge in [-0.15, -0.1) is 0 Å². The van der Waals surface area contributed by atoms with Gasteiger partial charge in [-0.05, 0) is 7.05 Å². The first kappa shape index (κ1) is 16.5. The van der Waals surface area contributed by atoms with Crippen LogP contribution in [-0.4, -0.2) is 59.1 Å². The number of imidazole rings is 1. The second-order valence-corrected chi connectivity index (χ2v) is 6.49. The fourth-order valence-electron chi connectivity index (χ4n) is 3.12. The molecule has 0 amide bonds. The van der Waals surface area contributed by atoms with Crippen LogP contribution < -0.4 is 5.73 Å². The molecule has 6 heteroatoms. The molecule has 1 fully saturated rings. The van der Waals surface area contributed by atoms with Crippen LogP contribution in [0.2, 0.25) is 5.15 Å². The monoisotopic (exact) mass is 333 g/mol. The molecule has 1 aliphatic heterocycles. The summed E-state index contributed by atoms with van der Waals surface area (Å²) in [5, 5.41) is 0.679. The Hall–Kier alpha value is -1.40. The van der Waals surface area contributed by atoms with Crippen molar-refractivity contribution < 1.29 is 0 Å². The van der Waals surface area contributed by atoms with E-state index in [0.717, 1.165) is 43.3 Å². The Morgan fingerprint density at radius 1 is 1.13 bits per heavy atom. The Morgan fingerprint density at radius 2 is 1.78 bits per heavy atom. The summed E-state index contributed by atoms with van der Waals surface area (Å²) >= 11 is 6.59. The van der Waals surface area contributed by atoms with Crippen molar-refractivity contribution in [1.82, 2.24) is 19.4 Å². The second kappa shape index (κ2) is 7.01. The summed E-state index contributed by atoms with van der Waals surface area (Å²) in [4.78, 5) is 9.57. The van der Waals surface area contributed by atoms with Crippen LogP contribution in [0, 0.1) is 0 Å². The van der Waals surface area contributed by atoms with E-state index < -0.39 is 0 Å². The molecule has 5 nitrogen and oxygen atoms in total. The van der Waals surface area contributed by atoms with Gasteiger partial charge >= 0.3 is 0 Å². The van der Waals surface area contributed by atoms with Gasteiger partial charge in [0.2, 0.25) is 0 Å². The molecule has 1 atom stereocenters. The molecule has 0 spiro atoms. The van der Waals surface area contributed by atoms with Gasteiger partial charge in [-0.25, -0.2) is 4.98 Å². The van der Waals surface area contributed by atoms with Crippen molar-refractivity contribution in [2.45, 2.75) is 6.04 Å². The quantitative estimate of drug-likeness (QED) is 0.929. The van der Waals surface area contributed by atoms with Gasteiger partial charge < -0.3 is 15.2 Å². The van der Waals surface area contributed by atoms with Crippen molar-refractivity contribution in [1.29, 1.82) is 0 Å². The third kappa shape index (κ3) is 3.28. The number of hydrogen-bond acceptors (Lipinski definition) is 4. The van der Waals surface area contributed by atoms with Gasteiger partial charge in [0, 0.05) is 45.3 Å². The molecule has 3 rings (SSSR count).